The fraction of sp³-hybridized carbons (Fsp3) is 0.545. The zero-order chi connectivity index (χ0) is 14.4. The Bertz CT molecular complexity index is 737. The van der Waals surface area contributed by atoms with E-state index in [1.807, 2.05) is 0 Å². The Morgan fingerprint density at radius 2 is 1.95 bits per heavy atom. The molecule has 0 saturated heterocycles. The predicted molar refractivity (Wildman–Crippen MR) is 71.4 cm³/mol. The molecule has 0 unspecified atom stereocenters. The van der Waals surface area contributed by atoms with Crippen molar-refractivity contribution in [2.45, 2.75) is 19.4 Å². The zero-order valence-corrected chi connectivity index (χ0v) is 11.3. The van der Waals surface area contributed by atoms with Crippen LogP contribution in [0.2, 0.25) is 0 Å². The van der Waals surface area contributed by atoms with Crippen LogP contribution in [0.5, 0.6) is 0 Å². The number of aliphatic hydroxyl groups is 1. The van der Waals surface area contributed by atoms with Crippen molar-refractivity contribution < 1.29 is 5.11 Å². The Morgan fingerprint density at radius 3 is 2.53 bits per heavy atom. The summed E-state index contributed by atoms with van der Waals surface area (Å²) in [6, 6.07) is 0. The quantitative estimate of drug-likeness (QED) is 0.671. The topological polar surface area (TPSA) is 105 Å². The van der Waals surface area contributed by atoms with E-state index in [9.17, 15) is 14.7 Å². The molecule has 0 aromatic carbocycles. The van der Waals surface area contributed by atoms with Crippen LogP contribution in [-0.2, 0) is 14.1 Å². The van der Waals surface area contributed by atoms with E-state index in [4.69, 9.17) is 0 Å². The number of H-pyrrole nitrogens is 1. The normalized spacial score (nSPS) is 12.1. The van der Waals surface area contributed by atoms with Gasteiger partial charge in [0.1, 0.15) is 0 Å². The third-order valence-corrected chi connectivity index (χ3v) is 2.95. The maximum Gasteiger partial charge on any atom is 0.332 e. The second kappa shape index (κ2) is 4.23. The van der Waals surface area contributed by atoms with Gasteiger partial charge in [0, 0.05) is 14.1 Å². The molecule has 2 aromatic heterocycles. The van der Waals surface area contributed by atoms with Crippen LogP contribution in [0.3, 0.4) is 0 Å². The molecule has 104 valence electrons. The minimum atomic E-state index is -0.585. The highest BCUT2D eigenvalue weighted by Gasteiger charge is 2.19. The van der Waals surface area contributed by atoms with Gasteiger partial charge in [-0.1, -0.05) is 0 Å². The Hall–Kier alpha value is -2.09. The fourth-order valence-corrected chi connectivity index (χ4v) is 1.75. The van der Waals surface area contributed by atoms with Crippen LogP contribution in [0.1, 0.15) is 13.8 Å². The standard InChI is InChI=1S/C11H17N5O3/c1-11(2,5-17)14-9-12-6-7(13-9)15(3)10(19)16(4)8(6)18/h17H,5H2,1-4H3,(H2,12,13,14). The molecule has 0 bridgehead atoms. The molecule has 8 nitrogen and oxygen atoms in total. The van der Waals surface area contributed by atoms with Crippen molar-refractivity contribution in [1.82, 2.24) is 19.1 Å². The monoisotopic (exact) mass is 267 g/mol. The maximum atomic E-state index is 12.0. The van der Waals surface area contributed by atoms with Gasteiger partial charge in [-0.15, -0.1) is 0 Å². The third kappa shape index (κ3) is 2.14. The van der Waals surface area contributed by atoms with Crippen LogP contribution >= 0.6 is 0 Å². The van der Waals surface area contributed by atoms with Gasteiger partial charge < -0.3 is 15.4 Å². The number of fused-ring (bicyclic) bond motifs is 1. The van der Waals surface area contributed by atoms with E-state index >= 15 is 0 Å². The third-order valence-electron chi connectivity index (χ3n) is 2.95. The van der Waals surface area contributed by atoms with Gasteiger partial charge in [0.25, 0.3) is 5.56 Å². The SMILES string of the molecule is Cn1c(=O)c2[nH]c(NC(C)(C)CO)nc2n(C)c1=O. The van der Waals surface area contributed by atoms with Crippen LogP contribution in [0.25, 0.3) is 11.2 Å². The molecule has 0 spiro atoms. The number of aromatic amines is 1. The van der Waals surface area contributed by atoms with E-state index in [2.05, 4.69) is 15.3 Å². The van der Waals surface area contributed by atoms with Crippen molar-refractivity contribution in [2.75, 3.05) is 11.9 Å². The summed E-state index contributed by atoms with van der Waals surface area (Å²) in [6.07, 6.45) is 0. The largest absolute Gasteiger partial charge is 0.394 e. The molecule has 0 aliphatic rings. The fourth-order valence-electron chi connectivity index (χ4n) is 1.75. The van der Waals surface area contributed by atoms with Gasteiger partial charge >= 0.3 is 5.69 Å². The van der Waals surface area contributed by atoms with Gasteiger partial charge in [-0.25, -0.2) is 4.79 Å². The smallest absolute Gasteiger partial charge is 0.332 e. The molecule has 0 saturated carbocycles. The summed E-state index contributed by atoms with van der Waals surface area (Å²) in [4.78, 5) is 30.7. The van der Waals surface area contributed by atoms with Crippen LogP contribution in [0, 0.1) is 0 Å². The minimum Gasteiger partial charge on any atom is -0.394 e. The summed E-state index contributed by atoms with van der Waals surface area (Å²) in [5, 5.41) is 12.2. The summed E-state index contributed by atoms with van der Waals surface area (Å²) in [7, 11) is 2.96. The van der Waals surface area contributed by atoms with Crippen molar-refractivity contribution in [3.05, 3.63) is 20.8 Å². The number of nitrogens with one attached hydrogen (secondary N) is 2. The van der Waals surface area contributed by atoms with Crippen molar-refractivity contribution in [2.24, 2.45) is 14.1 Å². The van der Waals surface area contributed by atoms with Gasteiger partial charge in [-0.2, -0.15) is 4.98 Å². The van der Waals surface area contributed by atoms with E-state index in [0.29, 0.717) is 5.95 Å². The molecule has 19 heavy (non-hydrogen) atoms. The first-order valence-electron chi connectivity index (χ1n) is 5.81. The number of hydrogen-bond donors (Lipinski definition) is 3. The van der Waals surface area contributed by atoms with Crippen LogP contribution < -0.4 is 16.6 Å². The first kappa shape index (κ1) is 13.3. The van der Waals surface area contributed by atoms with Crippen molar-refractivity contribution in [3.8, 4) is 0 Å². The molecule has 8 heteroatoms. The zero-order valence-electron chi connectivity index (χ0n) is 11.3. The number of nitrogens with zero attached hydrogens (tertiary/aromatic N) is 3. The first-order chi connectivity index (χ1) is 8.76. The van der Waals surface area contributed by atoms with Gasteiger partial charge in [0.2, 0.25) is 5.95 Å². The molecule has 0 atom stereocenters. The molecular formula is C11H17N5O3. The lowest BCUT2D eigenvalue weighted by atomic mass is 10.1. The number of aryl methyl sites for hydroxylation is 1. The highest BCUT2D eigenvalue weighted by molar-refractivity contribution is 5.72. The van der Waals surface area contributed by atoms with Crippen LogP contribution in [-0.4, -0.2) is 36.4 Å². The molecule has 0 aliphatic carbocycles. The van der Waals surface area contributed by atoms with E-state index in [1.54, 1.807) is 20.9 Å². The van der Waals surface area contributed by atoms with Gasteiger partial charge in [0.15, 0.2) is 11.2 Å². The first-order valence-corrected chi connectivity index (χ1v) is 5.81. The van der Waals surface area contributed by atoms with E-state index in [1.165, 1.54) is 11.6 Å². The van der Waals surface area contributed by atoms with Crippen LogP contribution in [0.4, 0.5) is 5.95 Å². The van der Waals surface area contributed by atoms with Gasteiger partial charge in [0.05, 0.1) is 12.1 Å². The average Bonchev–Trinajstić information content (AvgIpc) is 2.77. The van der Waals surface area contributed by atoms with Gasteiger partial charge in [-0.3, -0.25) is 13.9 Å². The number of anilines is 1. The maximum absolute atomic E-state index is 12.0. The Balaban J connectivity index is 2.65. The Kier molecular flexibility index (Phi) is 2.97. The molecule has 0 aliphatic heterocycles. The van der Waals surface area contributed by atoms with E-state index in [-0.39, 0.29) is 17.8 Å². The number of hydrogen-bond acceptors (Lipinski definition) is 5. The molecule has 0 radical (unpaired) electrons. The predicted octanol–water partition coefficient (Wildman–Crippen LogP) is -0.857. The summed E-state index contributed by atoms with van der Waals surface area (Å²) in [5.74, 6) is 0.340. The second-order valence-corrected chi connectivity index (χ2v) is 5.16. The number of rotatable bonds is 3. The lowest BCUT2D eigenvalue weighted by molar-refractivity contribution is 0.233. The lowest BCUT2D eigenvalue weighted by Crippen LogP contribution is -2.36. The van der Waals surface area contributed by atoms with E-state index < -0.39 is 16.8 Å². The Labute approximate surface area is 108 Å². The molecule has 0 amide bonds. The second-order valence-electron chi connectivity index (χ2n) is 5.16. The highest BCUT2D eigenvalue weighted by atomic mass is 16.3. The Morgan fingerprint density at radius 1 is 1.32 bits per heavy atom. The number of aromatic nitrogens is 4. The molecule has 2 heterocycles. The average molecular weight is 267 g/mol. The molecule has 2 rings (SSSR count). The summed E-state index contributed by atoms with van der Waals surface area (Å²) >= 11 is 0. The summed E-state index contributed by atoms with van der Waals surface area (Å²) in [5.41, 5.74) is -0.916. The minimum absolute atomic E-state index is 0.0962. The lowest BCUT2D eigenvalue weighted by Gasteiger charge is -2.22. The molecule has 3 N–H and O–H groups in total. The van der Waals surface area contributed by atoms with E-state index in [0.717, 1.165) is 4.57 Å². The van der Waals surface area contributed by atoms with Crippen molar-refractivity contribution in [3.63, 3.8) is 0 Å². The molecule has 2 aromatic rings. The molecular weight excluding hydrogens is 250 g/mol. The van der Waals surface area contributed by atoms with Gasteiger partial charge in [-0.05, 0) is 13.8 Å². The summed E-state index contributed by atoms with van der Waals surface area (Å²) in [6.45, 7) is 3.48. The van der Waals surface area contributed by atoms with Crippen LogP contribution in [0.15, 0.2) is 9.59 Å². The summed E-state index contributed by atoms with van der Waals surface area (Å²) < 4.78 is 2.31. The molecule has 0 fully saturated rings. The van der Waals surface area contributed by atoms with Crippen molar-refractivity contribution in [1.29, 1.82) is 0 Å². The number of imidazole rings is 1. The van der Waals surface area contributed by atoms with Crippen molar-refractivity contribution >= 4 is 17.1 Å². The number of aliphatic hydroxyl groups excluding tert-OH is 1. The highest BCUT2D eigenvalue weighted by Crippen LogP contribution is 2.13.